The standard InChI is InChI=1S/C14H14N2O4/c1-3-16-12(11(8-15-16)13(17)18)14(19)20-10-6-4-5-9(2)7-10/h4-8H,3H2,1-2H3,(H,17,18). The van der Waals surface area contributed by atoms with Crippen LogP contribution in [0.2, 0.25) is 0 Å². The number of hydrogen-bond acceptors (Lipinski definition) is 4. The number of aromatic nitrogens is 2. The van der Waals surface area contributed by atoms with Gasteiger partial charge in [-0.15, -0.1) is 0 Å². The maximum Gasteiger partial charge on any atom is 0.362 e. The smallest absolute Gasteiger partial charge is 0.362 e. The molecule has 0 bridgehead atoms. The zero-order valence-corrected chi connectivity index (χ0v) is 11.2. The molecule has 1 aromatic heterocycles. The average Bonchev–Trinajstić information content (AvgIpc) is 2.82. The second-order valence-corrected chi connectivity index (χ2v) is 4.23. The zero-order chi connectivity index (χ0) is 14.7. The van der Waals surface area contributed by atoms with Gasteiger partial charge in [0.1, 0.15) is 11.3 Å². The van der Waals surface area contributed by atoms with Gasteiger partial charge in [-0.25, -0.2) is 9.59 Å². The molecule has 0 aliphatic carbocycles. The minimum atomic E-state index is -1.21. The first-order valence-electron chi connectivity index (χ1n) is 6.11. The Balaban J connectivity index is 2.33. The molecule has 0 aliphatic rings. The van der Waals surface area contributed by atoms with Gasteiger partial charge in [-0.3, -0.25) is 4.68 Å². The average molecular weight is 274 g/mol. The van der Waals surface area contributed by atoms with Crippen molar-refractivity contribution in [1.82, 2.24) is 9.78 Å². The van der Waals surface area contributed by atoms with Crippen LogP contribution in [0, 0.1) is 6.92 Å². The molecule has 1 heterocycles. The second kappa shape index (κ2) is 5.56. The van der Waals surface area contributed by atoms with Crippen molar-refractivity contribution in [3.05, 3.63) is 47.3 Å². The second-order valence-electron chi connectivity index (χ2n) is 4.23. The van der Waals surface area contributed by atoms with Crippen molar-refractivity contribution in [1.29, 1.82) is 0 Å². The predicted octanol–water partition coefficient (Wildman–Crippen LogP) is 2.13. The Kier molecular flexibility index (Phi) is 3.84. The molecular formula is C14H14N2O4. The van der Waals surface area contributed by atoms with Gasteiger partial charge in [0.15, 0.2) is 5.69 Å². The third-order valence-electron chi connectivity index (χ3n) is 2.76. The molecule has 0 amide bonds. The number of aryl methyl sites for hydroxylation is 2. The number of carboxylic acids is 1. The van der Waals surface area contributed by atoms with E-state index in [0.717, 1.165) is 11.8 Å². The number of benzene rings is 1. The molecule has 0 spiro atoms. The van der Waals surface area contributed by atoms with E-state index in [1.807, 2.05) is 13.0 Å². The van der Waals surface area contributed by atoms with Crippen molar-refractivity contribution in [3.63, 3.8) is 0 Å². The molecule has 0 fully saturated rings. The number of carbonyl (C=O) groups is 2. The highest BCUT2D eigenvalue weighted by Crippen LogP contribution is 2.16. The van der Waals surface area contributed by atoms with E-state index < -0.39 is 11.9 Å². The van der Waals surface area contributed by atoms with Crippen LogP contribution in [0.1, 0.15) is 33.3 Å². The summed E-state index contributed by atoms with van der Waals surface area (Å²) in [4.78, 5) is 23.2. The van der Waals surface area contributed by atoms with Crippen molar-refractivity contribution >= 4 is 11.9 Å². The molecule has 0 saturated carbocycles. The number of aromatic carboxylic acids is 1. The first-order chi connectivity index (χ1) is 9.52. The molecule has 0 radical (unpaired) electrons. The van der Waals surface area contributed by atoms with E-state index in [0.29, 0.717) is 12.3 Å². The SMILES string of the molecule is CCn1ncc(C(=O)O)c1C(=O)Oc1cccc(C)c1. The van der Waals surface area contributed by atoms with Crippen LogP contribution >= 0.6 is 0 Å². The molecule has 6 nitrogen and oxygen atoms in total. The summed E-state index contributed by atoms with van der Waals surface area (Å²) in [7, 11) is 0. The van der Waals surface area contributed by atoms with Crippen molar-refractivity contribution < 1.29 is 19.4 Å². The molecule has 2 aromatic rings. The van der Waals surface area contributed by atoms with Gasteiger partial charge >= 0.3 is 11.9 Å². The normalized spacial score (nSPS) is 10.3. The Hall–Kier alpha value is -2.63. The van der Waals surface area contributed by atoms with Crippen LogP contribution in [-0.2, 0) is 6.54 Å². The molecule has 0 saturated heterocycles. The molecule has 2 rings (SSSR count). The summed E-state index contributed by atoms with van der Waals surface area (Å²) in [5.74, 6) is -1.57. The van der Waals surface area contributed by atoms with E-state index >= 15 is 0 Å². The van der Waals surface area contributed by atoms with Crippen molar-refractivity contribution in [3.8, 4) is 5.75 Å². The fourth-order valence-electron chi connectivity index (χ4n) is 1.83. The highest BCUT2D eigenvalue weighted by Gasteiger charge is 2.24. The lowest BCUT2D eigenvalue weighted by atomic mass is 10.2. The van der Waals surface area contributed by atoms with Gasteiger partial charge in [0.2, 0.25) is 0 Å². The van der Waals surface area contributed by atoms with Crippen molar-refractivity contribution in [2.45, 2.75) is 20.4 Å². The fourth-order valence-corrected chi connectivity index (χ4v) is 1.83. The number of carbonyl (C=O) groups excluding carboxylic acids is 1. The Morgan fingerprint density at radius 3 is 2.75 bits per heavy atom. The van der Waals surface area contributed by atoms with Crippen LogP contribution in [0.5, 0.6) is 5.75 Å². The molecule has 0 aliphatic heterocycles. The van der Waals surface area contributed by atoms with Gasteiger partial charge in [-0.1, -0.05) is 12.1 Å². The van der Waals surface area contributed by atoms with Crippen LogP contribution in [-0.4, -0.2) is 26.8 Å². The van der Waals surface area contributed by atoms with Gasteiger partial charge in [-0.05, 0) is 31.5 Å². The van der Waals surface area contributed by atoms with Gasteiger partial charge in [-0.2, -0.15) is 5.10 Å². The third-order valence-corrected chi connectivity index (χ3v) is 2.76. The van der Waals surface area contributed by atoms with E-state index in [2.05, 4.69) is 5.10 Å². The quantitative estimate of drug-likeness (QED) is 0.682. The summed E-state index contributed by atoms with van der Waals surface area (Å²) in [6.07, 6.45) is 1.15. The molecule has 20 heavy (non-hydrogen) atoms. The number of hydrogen-bond donors (Lipinski definition) is 1. The van der Waals surface area contributed by atoms with Crippen LogP contribution in [0.4, 0.5) is 0 Å². The Morgan fingerprint density at radius 2 is 2.15 bits per heavy atom. The van der Waals surface area contributed by atoms with E-state index in [9.17, 15) is 9.59 Å². The monoisotopic (exact) mass is 274 g/mol. The molecule has 1 N–H and O–H groups in total. The number of carboxylic acid groups (broad SMARTS) is 1. The highest BCUT2D eigenvalue weighted by atomic mass is 16.5. The fraction of sp³-hybridized carbons (Fsp3) is 0.214. The lowest BCUT2D eigenvalue weighted by molar-refractivity contribution is 0.0662. The topological polar surface area (TPSA) is 81.4 Å². The van der Waals surface area contributed by atoms with Gasteiger partial charge in [0.05, 0.1) is 6.20 Å². The van der Waals surface area contributed by atoms with Crippen LogP contribution < -0.4 is 4.74 Å². The first kappa shape index (κ1) is 13.8. The van der Waals surface area contributed by atoms with E-state index in [4.69, 9.17) is 9.84 Å². The van der Waals surface area contributed by atoms with Gasteiger partial charge in [0, 0.05) is 6.54 Å². The molecule has 0 atom stereocenters. The minimum Gasteiger partial charge on any atom is -0.478 e. The maximum atomic E-state index is 12.1. The van der Waals surface area contributed by atoms with E-state index in [-0.39, 0.29) is 11.3 Å². The van der Waals surface area contributed by atoms with Crippen molar-refractivity contribution in [2.24, 2.45) is 0 Å². The predicted molar refractivity (Wildman–Crippen MR) is 71.0 cm³/mol. The molecular weight excluding hydrogens is 260 g/mol. The molecule has 6 heteroatoms. The van der Waals surface area contributed by atoms with Gasteiger partial charge < -0.3 is 9.84 Å². The van der Waals surface area contributed by atoms with E-state index in [1.165, 1.54) is 4.68 Å². The summed E-state index contributed by atoms with van der Waals surface area (Å²) < 4.78 is 6.52. The lowest BCUT2D eigenvalue weighted by Gasteiger charge is -2.07. The first-order valence-corrected chi connectivity index (χ1v) is 6.11. The van der Waals surface area contributed by atoms with Crippen LogP contribution in [0.15, 0.2) is 30.5 Å². The Morgan fingerprint density at radius 1 is 1.40 bits per heavy atom. The number of esters is 1. The van der Waals surface area contributed by atoms with Crippen LogP contribution in [0.25, 0.3) is 0 Å². The largest absolute Gasteiger partial charge is 0.478 e. The Labute approximate surface area is 115 Å². The summed E-state index contributed by atoms with van der Waals surface area (Å²) in [6, 6.07) is 6.96. The summed E-state index contributed by atoms with van der Waals surface area (Å²) in [6.45, 7) is 4.02. The molecule has 104 valence electrons. The number of rotatable bonds is 4. The number of nitrogens with zero attached hydrogens (tertiary/aromatic N) is 2. The maximum absolute atomic E-state index is 12.1. The van der Waals surface area contributed by atoms with Crippen molar-refractivity contribution in [2.75, 3.05) is 0 Å². The summed E-state index contributed by atoms with van der Waals surface area (Å²) in [5, 5.41) is 12.9. The summed E-state index contributed by atoms with van der Waals surface area (Å²) >= 11 is 0. The summed E-state index contributed by atoms with van der Waals surface area (Å²) in [5.41, 5.74) is 0.726. The third kappa shape index (κ3) is 2.69. The highest BCUT2D eigenvalue weighted by molar-refractivity contribution is 6.01. The lowest BCUT2D eigenvalue weighted by Crippen LogP contribution is -2.18. The molecule has 0 unspecified atom stereocenters. The van der Waals surface area contributed by atoms with Gasteiger partial charge in [0.25, 0.3) is 0 Å². The minimum absolute atomic E-state index is 0.0542. The van der Waals surface area contributed by atoms with Crippen LogP contribution in [0.3, 0.4) is 0 Å². The number of ether oxygens (including phenoxy) is 1. The molecule has 1 aromatic carbocycles. The Bertz CT molecular complexity index is 661. The van der Waals surface area contributed by atoms with E-state index in [1.54, 1.807) is 25.1 Å². The zero-order valence-electron chi connectivity index (χ0n) is 11.2.